The second-order valence-electron chi connectivity index (χ2n) is 7.16. The average Bonchev–Trinajstić information content (AvgIpc) is 3.28. The summed E-state index contributed by atoms with van der Waals surface area (Å²) in [5.41, 5.74) is 3.72. The van der Waals surface area contributed by atoms with Gasteiger partial charge >= 0.3 is 5.76 Å². The van der Waals surface area contributed by atoms with Crippen LogP contribution in [0.15, 0.2) is 80.8 Å². The van der Waals surface area contributed by atoms with Crippen molar-refractivity contribution in [3.05, 3.63) is 82.3 Å². The van der Waals surface area contributed by atoms with Crippen molar-refractivity contribution in [1.82, 2.24) is 9.55 Å². The minimum atomic E-state index is -3.89. The van der Waals surface area contributed by atoms with E-state index >= 15 is 0 Å². The molecular formula is C22H16ClN3O4S. The second-order valence-corrected chi connectivity index (χ2v) is 9.28. The van der Waals surface area contributed by atoms with Crippen molar-refractivity contribution in [2.75, 3.05) is 4.72 Å². The number of nitrogens with zero attached hydrogens (tertiary/aromatic N) is 1. The molecule has 2 heterocycles. The Labute approximate surface area is 181 Å². The summed E-state index contributed by atoms with van der Waals surface area (Å²) in [4.78, 5) is 15.0. The summed E-state index contributed by atoms with van der Waals surface area (Å²) in [6.45, 7) is 0. The van der Waals surface area contributed by atoms with Crippen molar-refractivity contribution in [2.45, 2.75) is 4.90 Å². The molecule has 7 nitrogen and oxygen atoms in total. The van der Waals surface area contributed by atoms with Crippen LogP contribution in [0.2, 0.25) is 5.02 Å². The maximum Gasteiger partial charge on any atom is 0.419 e. The zero-order valence-corrected chi connectivity index (χ0v) is 17.8. The van der Waals surface area contributed by atoms with E-state index in [0.29, 0.717) is 16.2 Å². The van der Waals surface area contributed by atoms with Gasteiger partial charge in [0.15, 0.2) is 5.58 Å². The lowest BCUT2D eigenvalue weighted by molar-refractivity contribution is 0.527. The van der Waals surface area contributed by atoms with Gasteiger partial charge in [0.25, 0.3) is 10.0 Å². The first-order valence-electron chi connectivity index (χ1n) is 9.31. The lowest BCUT2D eigenvalue weighted by Gasteiger charge is -2.09. The molecule has 0 aliphatic rings. The Morgan fingerprint density at radius 3 is 2.71 bits per heavy atom. The number of oxazole rings is 1. The number of nitrogens with one attached hydrogen (secondary N) is 2. The van der Waals surface area contributed by atoms with Crippen molar-refractivity contribution in [3.63, 3.8) is 0 Å². The maximum absolute atomic E-state index is 12.9. The fraction of sp³-hybridized carbons (Fsp3) is 0.0455. The second kappa shape index (κ2) is 7.04. The monoisotopic (exact) mass is 453 g/mol. The fourth-order valence-corrected chi connectivity index (χ4v) is 4.75. The highest BCUT2D eigenvalue weighted by Gasteiger charge is 2.17. The van der Waals surface area contributed by atoms with E-state index in [9.17, 15) is 13.2 Å². The van der Waals surface area contributed by atoms with Gasteiger partial charge in [-0.2, -0.15) is 0 Å². The van der Waals surface area contributed by atoms with Crippen LogP contribution < -0.4 is 10.5 Å². The van der Waals surface area contributed by atoms with E-state index in [1.807, 2.05) is 24.3 Å². The van der Waals surface area contributed by atoms with Crippen LogP contribution in [-0.2, 0) is 17.1 Å². The third kappa shape index (κ3) is 3.49. The Morgan fingerprint density at radius 1 is 1.03 bits per heavy atom. The van der Waals surface area contributed by atoms with Gasteiger partial charge in [-0.1, -0.05) is 23.7 Å². The summed E-state index contributed by atoms with van der Waals surface area (Å²) in [6.07, 6.45) is 0. The van der Waals surface area contributed by atoms with Crippen LogP contribution in [0.1, 0.15) is 0 Å². The van der Waals surface area contributed by atoms with Gasteiger partial charge in [-0.25, -0.2) is 13.2 Å². The van der Waals surface area contributed by atoms with E-state index in [0.717, 1.165) is 22.2 Å². The van der Waals surface area contributed by atoms with Crippen LogP contribution in [0.5, 0.6) is 0 Å². The third-order valence-electron chi connectivity index (χ3n) is 5.08. The summed E-state index contributed by atoms with van der Waals surface area (Å²) >= 11 is 6.06. The Balaban J connectivity index is 1.48. The number of anilines is 1. The van der Waals surface area contributed by atoms with Crippen LogP contribution in [0.4, 0.5) is 5.69 Å². The number of benzene rings is 3. The van der Waals surface area contributed by atoms with Crippen LogP contribution in [0, 0.1) is 0 Å². The number of aromatic nitrogens is 2. The lowest BCUT2D eigenvalue weighted by Crippen LogP contribution is -2.13. The molecule has 0 atom stereocenters. The van der Waals surface area contributed by atoms with E-state index in [2.05, 4.69) is 9.71 Å². The molecule has 31 heavy (non-hydrogen) atoms. The quantitative estimate of drug-likeness (QED) is 0.411. The number of aryl methyl sites for hydroxylation is 1. The molecule has 0 aliphatic carbocycles. The molecule has 5 rings (SSSR count). The van der Waals surface area contributed by atoms with Crippen LogP contribution in [-0.4, -0.2) is 18.0 Å². The molecule has 0 saturated heterocycles. The maximum atomic E-state index is 12.9. The predicted octanol–water partition coefficient (Wildman–Crippen LogP) is 4.73. The van der Waals surface area contributed by atoms with Gasteiger partial charge in [0.2, 0.25) is 0 Å². The van der Waals surface area contributed by atoms with Crippen molar-refractivity contribution < 1.29 is 12.8 Å². The van der Waals surface area contributed by atoms with E-state index < -0.39 is 15.8 Å². The number of rotatable bonds is 4. The molecule has 0 saturated carbocycles. The topological polar surface area (TPSA) is 97.1 Å². The fourth-order valence-electron chi connectivity index (χ4n) is 3.50. The van der Waals surface area contributed by atoms with Gasteiger partial charge in [0, 0.05) is 46.0 Å². The van der Waals surface area contributed by atoms with E-state index in [1.54, 1.807) is 37.4 Å². The Hall–Kier alpha value is -3.49. The molecule has 0 spiro atoms. The minimum Gasteiger partial charge on any atom is -0.408 e. The molecular weight excluding hydrogens is 438 g/mol. The summed E-state index contributed by atoms with van der Waals surface area (Å²) in [7, 11) is -2.33. The highest BCUT2D eigenvalue weighted by Crippen LogP contribution is 2.29. The van der Waals surface area contributed by atoms with Crippen LogP contribution >= 0.6 is 11.6 Å². The molecule has 156 valence electrons. The van der Waals surface area contributed by atoms with Crippen molar-refractivity contribution in [1.29, 1.82) is 0 Å². The molecule has 0 fully saturated rings. The number of hydrogen-bond donors (Lipinski definition) is 2. The minimum absolute atomic E-state index is 0.00000650. The van der Waals surface area contributed by atoms with E-state index in [1.165, 1.54) is 16.7 Å². The standard InChI is InChI=1S/C22H16ClN3O4S/c1-26-20-8-6-17(12-21(20)30-22(26)27)31(28,29)25-16-4-2-3-13(10-16)19-11-14-9-15(23)5-7-18(14)24-19/h2-12,24-25H,1H3. The zero-order valence-electron chi connectivity index (χ0n) is 16.2. The van der Waals surface area contributed by atoms with Gasteiger partial charge in [0.05, 0.1) is 10.4 Å². The van der Waals surface area contributed by atoms with Crippen molar-refractivity contribution >= 4 is 49.3 Å². The van der Waals surface area contributed by atoms with Crippen LogP contribution in [0.25, 0.3) is 33.3 Å². The Bertz CT molecular complexity index is 1630. The third-order valence-corrected chi connectivity index (χ3v) is 6.70. The van der Waals surface area contributed by atoms with Crippen molar-refractivity contribution in [3.8, 4) is 11.3 Å². The molecule has 5 aromatic rings. The molecule has 0 unspecified atom stereocenters. The molecule has 9 heteroatoms. The van der Waals surface area contributed by atoms with Gasteiger partial charge in [-0.3, -0.25) is 9.29 Å². The highest BCUT2D eigenvalue weighted by molar-refractivity contribution is 7.92. The number of halogens is 1. The van der Waals surface area contributed by atoms with E-state index in [-0.39, 0.29) is 10.5 Å². The summed E-state index contributed by atoms with van der Waals surface area (Å²) < 4.78 is 34.8. The number of aromatic amines is 1. The predicted molar refractivity (Wildman–Crippen MR) is 121 cm³/mol. The van der Waals surface area contributed by atoms with Gasteiger partial charge in [0.1, 0.15) is 0 Å². The molecule has 0 amide bonds. The molecule has 2 aromatic heterocycles. The number of fused-ring (bicyclic) bond motifs is 2. The first-order chi connectivity index (χ1) is 14.8. The molecule has 0 aliphatic heterocycles. The number of hydrogen-bond acceptors (Lipinski definition) is 4. The summed E-state index contributed by atoms with van der Waals surface area (Å²) in [5.74, 6) is -0.551. The first-order valence-corrected chi connectivity index (χ1v) is 11.2. The smallest absolute Gasteiger partial charge is 0.408 e. The van der Waals surface area contributed by atoms with Crippen molar-refractivity contribution in [2.24, 2.45) is 7.05 Å². The number of H-pyrrole nitrogens is 1. The normalized spacial score (nSPS) is 11.9. The Kier molecular flexibility index (Phi) is 4.42. The van der Waals surface area contributed by atoms with Gasteiger partial charge < -0.3 is 9.40 Å². The van der Waals surface area contributed by atoms with Crippen LogP contribution in [0.3, 0.4) is 0 Å². The molecule has 2 N–H and O–H groups in total. The molecule has 0 radical (unpaired) electrons. The lowest BCUT2D eigenvalue weighted by atomic mass is 10.1. The summed E-state index contributed by atoms with van der Waals surface area (Å²) in [5, 5.41) is 1.61. The largest absolute Gasteiger partial charge is 0.419 e. The highest BCUT2D eigenvalue weighted by atomic mass is 35.5. The number of sulfonamides is 1. The summed E-state index contributed by atoms with van der Waals surface area (Å²) in [6, 6.07) is 18.9. The zero-order chi connectivity index (χ0) is 21.8. The first kappa shape index (κ1) is 19.5. The molecule has 3 aromatic carbocycles. The molecule has 0 bridgehead atoms. The van der Waals surface area contributed by atoms with Gasteiger partial charge in [-0.15, -0.1) is 0 Å². The van der Waals surface area contributed by atoms with E-state index in [4.69, 9.17) is 16.0 Å². The SMILES string of the molecule is Cn1c(=O)oc2cc(S(=O)(=O)Nc3cccc(-c4cc5cc(Cl)ccc5[nH]4)c3)ccc21. The average molecular weight is 454 g/mol. The Morgan fingerprint density at radius 2 is 1.87 bits per heavy atom. The van der Waals surface area contributed by atoms with Gasteiger partial charge in [-0.05, 0) is 48.5 Å².